The molecule has 0 radical (unpaired) electrons. The number of rotatable bonds is 4. The standard InChI is InChI=1S/C18H14ClN5/c1-12-9-17(22-15-7-4-6-14(19)10-15)24-18(21-12)23-16-8-3-2-5-13(16)11-20/h2-10H,1H3,(H2,21,22,23,24). The van der Waals surface area contributed by atoms with Crippen LogP contribution in [0.3, 0.4) is 0 Å². The first-order chi connectivity index (χ1) is 11.6. The maximum atomic E-state index is 9.17. The average molecular weight is 336 g/mol. The third-order valence-corrected chi connectivity index (χ3v) is 3.48. The van der Waals surface area contributed by atoms with E-state index in [2.05, 4.69) is 26.7 Å². The molecule has 0 amide bonds. The molecule has 0 aliphatic carbocycles. The van der Waals surface area contributed by atoms with Gasteiger partial charge in [-0.15, -0.1) is 0 Å². The number of nitriles is 1. The SMILES string of the molecule is Cc1cc(Nc2cccc(Cl)c2)nc(Nc2ccccc2C#N)n1. The van der Waals surface area contributed by atoms with Gasteiger partial charge in [0.25, 0.3) is 0 Å². The highest BCUT2D eigenvalue weighted by Crippen LogP contribution is 2.22. The van der Waals surface area contributed by atoms with Crippen LogP contribution in [0.15, 0.2) is 54.6 Å². The predicted octanol–water partition coefficient (Wildman–Crippen LogP) is 4.80. The molecule has 3 aromatic rings. The van der Waals surface area contributed by atoms with E-state index in [1.165, 1.54) is 0 Å². The first-order valence-electron chi connectivity index (χ1n) is 7.28. The Balaban J connectivity index is 1.88. The Kier molecular flexibility index (Phi) is 4.59. The molecule has 0 aliphatic rings. The van der Waals surface area contributed by atoms with Crippen molar-refractivity contribution in [3.05, 3.63) is 70.9 Å². The normalized spacial score (nSPS) is 10.0. The molecule has 1 aromatic heterocycles. The van der Waals surface area contributed by atoms with Gasteiger partial charge in [-0.1, -0.05) is 29.8 Å². The second-order valence-electron chi connectivity index (χ2n) is 5.14. The van der Waals surface area contributed by atoms with Gasteiger partial charge in [0.05, 0.1) is 11.3 Å². The number of para-hydroxylation sites is 1. The third-order valence-electron chi connectivity index (χ3n) is 3.25. The minimum Gasteiger partial charge on any atom is -0.340 e. The molecule has 0 atom stereocenters. The van der Waals surface area contributed by atoms with E-state index in [0.29, 0.717) is 28.0 Å². The zero-order chi connectivity index (χ0) is 16.9. The Labute approximate surface area is 145 Å². The Morgan fingerprint density at radius 2 is 1.83 bits per heavy atom. The van der Waals surface area contributed by atoms with Crippen molar-refractivity contribution in [2.24, 2.45) is 0 Å². The van der Waals surface area contributed by atoms with E-state index in [0.717, 1.165) is 11.4 Å². The molecule has 1 heterocycles. The lowest BCUT2D eigenvalue weighted by molar-refractivity contribution is 1.11. The van der Waals surface area contributed by atoms with Gasteiger partial charge in [-0.25, -0.2) is 4.98 Å². The summed E-state index contributed by atoms with van der Waals surface area (Å²) in [5.41, 5.74) is 2.83. The fourth-order valence-electron chi connectivity index (χ4n) is 2.21. The number of halogens is 1. The zero-order valence-corrected chi connectivity index (χ0v) is 13.7. The number of hydrogen-bond donors (Lipinski definition) is 2. The second kappa shape index (κ2) is 6.99. The van der Waals surface area contributed by atoms with Crippen LogP contribution in [0.4, 0.5) is 23.1 Å². The van der Waals surface area contributed by atoms with E-state index in [9.17, 15) is 5.26 Å². The molecule has 0 fully saturated rings. The summed E-state index contributed by atoms with van der Waals surface area (Å²) in [4.78, 5) is 8.81. The lowest BCUT2D eigenvalue weighted by Crippen LogP contribution is -2.03. The first kappa shape index (κ1) is 15.8. The molecule has 2 aromatic carbocycles. The number of nitrogens with one attached hydrogen (secondary N) is 2. The smallest absolute Gasteiger partial charge is 0.229 e. The fraction of sp³-hybridized carbons (Fsp3) is 0.0556. The fourth-order valence-corrected chi connectivity index (χ4v) is 2.40. The quantitative estimate of drug-likeness (QED) is 0.716. The summed E-state index contributed by atoms with van der Waals surface area (Å²) < 4.78 is 0. The second-order valence-corrected chi connectivity index (χ2v) is 5.57. The van der Waals surface area contributed by atoms with Crippen molar-refractivity contribution in [3.8, 4) is 6.07 Å². The van der Waals surface area contributed by atoms with Gasteiger partial charge in [-0.2, -0.15) is 10.2 Å². The van der Waals surface area contributed by atoms with Crippen molar-refractivity contribution in [1.29, 1.82) is 5.26 Å². The lowest BCUT2D eigenvalue weighted by Gasteiger charge is -2.11. The molecule has 6 heteroatoms. The Morgan fingerprint density at radius 1 is 1.00 bits per heavy atom. The van der Waals surface area contributed by atoms with Crippen molar-refractivity contribution < 1.29 is 0 Å². The van der Waals surface area contributed by atoms with Gasteiger partial charge in [0, 0.05) is 22.5 Å². The number of anilines is 4. The van der Waals surface area contributed by atoms with Gasteiger partial charge in [0.2, 0.25) is 5.95 Å². The van der Waals surface area contributed by atoms with Gasteiger partial charge in [0.1, 0.15) is 11.9 Å². The van der Waals surface area contributed by atoms with Crippen LogP contribution in [0.1, 0.15) is 11.3 Å². The molecule has 24 heavy (non-hydrogen) atoms. The van der Waals surface area contributed by atoms with Crippen molar-refractivity contribution in [1.82, 2.24) is 9.97 Å². The summed E-state index contributed by atoms with van der Waals surface area (Å²) >= 11 is 6.00. The first-order valence-corrected chi connectivity index (χ1v) is 7.66. The van der Waals surface area contributed by atoms with Crippen LogP contribution in [-0.2, 0) is 0 Å². The van der Waals surface area contributed by atoms with Gasteiger partial charge < -0.3 is 10.6 Å². The number of aromatic nitrogens is 2. The Hall–Kier alpha value is -3.10. The maximum Gasteiger partial charge on any atom is 0.229 e. The van der Waals surface area contributed by atoms with Crippen LogP contribution in [0.2, 0.25) is 5.02 Å². The van der Waals surface area contributed by atoms with Crippen molar-refractivity contribution in [2.45, 2.75) is 6.92 Å². The highest BCUT2D eigenvalue weighted by Gasteiger charge is 2.06. The van der Waals surface area contributed by atoms with Crippen molar-refractivity contribution in [3.63, 3.8) is 0 Å². The third kappa shape index (κ3) is 3.80. The highest BCUT2D eigenvalue weighted by molar-refractivity contribution is 6.30. The molecule has 0 bridgehead atoms. The molecule has 2 N–H and O–H groups in total. The zero-order valence-electron chi connectivity index (χ0n) is 12.9. The summed E-state index contributed by atoms with van der Waals surface area (Å²) in [6.45, 7) is 1.88. The van der Waals surface area contributed by atoms with Gasteiger partial charge in [-0.3, -0.25) is 0 Å². The summed E-state index contributed by atoms with van der Waals surface area (Å²) in [5.74, 6) is 1.06. The molecule has 0 unspecified atom stereocenters. The largest absolute Gasteiger partial charge is 0.340 e. The summed E-state index contributed by atoms with van der Waals surface area (Å²) in [6, 6.07) is 18.6. The van der Waals surface area contributed by atoms with E-state index in [4.69, 9.17) is 11.6 Å². The van der Waals surface area contributed by atoms with Crippen LogP contribution < -0.4 is 10.6 Å². The van der Waals surface area contributed by atoms with Crippen LogP contribution in [0, 0.1) is 18.3 Å². The Morgan fingerprint density at radius 3 is 2.62 bits per heavy atom. The molecule has 3 rings (SSSR count). The molecule has 0 spiro atoms. The number of nitrogens with zero attached hydrogens (tertiary/aromatic N) is 3. The van der Waals surface area contributed by atoms with Crippen LogP contribution in [-0.4, -0.2) is 9.97 Å². The topological polar surface area (TPSA) is 73.6 Å². The summed E-state index contributed by atoms with van der Waals surface area (Å²) in [5, 5.41) is 16.1. The van der Waals surface area contributed by atoms with Crippen LogP contribution >= 0.6 is 11.6 Å². The van der Waals surface area contributed by atoms with Crippen LogP contribution in [0.25, 0.3) is 0 Å². The van der Waals surface area contributed by atoms with E-state index in [1.54, 1.807) is 6.07 Å². The van der Waals surface area contributed by atoms with E-state index >= 15 is 0 Å². The average Bonchev–Trinajstić information content (AvgIpc) is 2.55. The monoisotopic (exact) mass is 335 g/mol. The van der Waals surface area contributed by atoms with Crippen molar-refractivity contribution in [2.75, 3.05) is 10.6 Å². The van der Waals surface area contributed by atoms with Crippen LogP contribution in [0.5, 0.6) is 0 Å². The Bertz CT molecular complexity index is 917. The minimum absolute atomic E-state index is 0.419. The van der Waals surface area contributed by atoms with Gasteiger partial charge in [0.15, 0.2) is 0 Å². The summed E-state index contributed by atoms with van der Waals surface area (Å²) in [6.07, 6.45) is 0. The molecule has 0 saturated heterocycles. The maximum absolute atomic E-state index is 9.17. The van der Waals surface area contributed by atoms with E-state index < -0.39 is 0 Å². The number of aryl methyl sites for hydroxylation is 1. The molecule has 0 saturated carbocycles. The molecule has 0 aliphatic heterocycles. The van der Waals surface area contributed by atoms with E-state index in [-0.39, 0.29) is 0 Å². The minimum atomic E-state index is 0.419. The van der Waals surface area contributed by atoms with Crippen molar-refractivity contribution >= 4 is 34.7 Å². The predicted molar refractivity (Wildman–Crippen MR) is 95.9 cm³/mol. The van der Waals surface area contributed by atoms with Gasteiger partial charge in [-0.05, 0) is 37.3 Å². The molecular weight excluding hydrogens is 322 g/mol. The highest BCUT2D eigenvalue weighted by atomic mass is 35.5. The summed E-state index contributed by atoms with van der Waals surface area (Å²) in [7, 11) is 0. The molecular formula is C18H14ClN5. The molecule has 5 nitrogen and oxygen atoms in total. The number of benzene rings is 2. The van der Waals surface area contributed by atoms with Gasteiger partial charge >= 0.3 is 0 Å². The van der Waals surface area contributed by atoms with E-state index in [1.807, 2.05) is 55.5 Å². The molecule has 118 valence electrons. The lowest BCUT2D eigenvalue weighted by atomic mass is 10.2. The number of hydrogen-bond acceptors (Lipinski definition) is 5.